The number of sulfonamides is 1. The van der Waals surface area contributed by atoms with Gasteiger partial charge in [0.15, 0.2) is 0 Å². The molecule has 7 heteroatoms. The molecule has 0 N–H and O–H groups in total. The quantitative estimate of drug-likeness (QED) is 0.752. The van der Waals surface area contributed by atoms with Gasteiger partial charge in [-0.15, -0.1) is 0 Å². The number of ether oxygens (including phenoxy) is 2. The fourth-order valence-corrected chi connectivity index (χ4v) is 3.76. The summed E-state index contributed by atoms with van der Waals surface area (Å²) in [5.74, 6) is -0.354. The molecule has 0 bridgehead atoms. The average molecular weight is 313 g/mol. The third kappa shape index (κ3) is 3.61. The van der Waals surface area contributed by atoms with E-state index in [-0.39, 0.29) is 23.4 Å². The molecular formula is C14H19NO5S. The van der Waals surface area contributed by atoms with Crippen molar-refractivity contribution in [3.63, 3.8) is 0 Å². The molecule has 1 heterocycles. The van der Waals surface area contributed by atoms with Crippen molar-refractivity contribution >= 4 is 16.0 Å². The second kappa shape index (κ2) is 6.55. The standard InChI is InChI=1S/C14H19NO5S/c1-19-12-7-8-15(10-12)21(17,18)13-5-3-11(4-6-13)9-14(16)20-2/h3-6,12H,7-10H2,1-2H3. The molecule has 1 atom stereocenters. The molecule has 1 saturated heterocycles. The Hall–Kier alpha value is -1.44. The molecule has 0 amide bonds. The van der Waals surface area contributed by atoms with Gasteiger partial charge >= 0.3 is 5.97 Å². The van der Waals surface area contributed by atoms with Crippen LogP contribution in [0.2, 0.25) is 0 Å². The van der Waals surface area contributed by atoms with Crippen LogP contribution in [-0.4, -0.2) is 52.1 Å². The van der Waals surface area contributed by atoms with Gasteiger partial charge in [-0.25, -0.2) is 8.42 Å². The van der Waals surface area contributed by atoms with Crippen molar-refractivity contribution in [3.05, 3.63) is 29.8 Å². The molecule has 1 aliphatic rings. The zero-order valence-electron chi connectivity index (χ0n) is 12.1. The van der Waals surface area contributed by atoms with E-state index < -0.39 is 10.0 Å². The van der Waals surface area contributed by atoms with Crippen LogP contribution in [0.1, 0.15) is 12.0 Å². The second-order valence-electron chi connectivity index (χ2n) is 4.91. The van der Waals surface area contributed by atoms with E-state index >= 15 is 0 Å². The van der Waals surface area contributed by atoms with E-state index in [9.17, 15) is 13.2 Å². The summed E-state index contributed by atoms with van der Waals surface area (Å²) >= 11 is 0. The molecule has 6 nitrogen and oxygen atoms in total. The normalized spacial score (nSPS) is 19.6. The molecule has 0 saturated carbocycles. The predicted octanol–water partition coefficient (Wildman–Crippen LogP) is 0.811. The summed E-state index contributed by atoms with van der Waals surface area (Å²) in [6.45, 7) is 0.841. The fraction of sp³-hybridized carbons (Fsp3) is 0.500. The van der Waals surface area contributed by atoms with Crippen LogP contribution in [0.4, 0.5) is 0 Å². The van der Waals surface area contributed by atoms with Crippen molar-refractivity contribution < 1.29 is 22.7 Å². The van der Waals surface area contributed by atoms with Crippen molar-refractivity contribution in [2.75, 3.05) is 27.3 Å². The first kappa shape index (κ1) is 15.9. The Kier molecular flexibility index (Phi) is 4.97. The van der Waals surface area contributed by atoms with Crippen LogP contribution in [-0.2, 0) is 30.7 Å². The smallest absolute Gasteiger partial charge is 0.309 e. The maximum absolute atomic E-state index is 12.5. The summed E-state index contributed by atoms with van der Waals surface area (Å²) in [5, 5.41) is 0. The first-order valence-electron chi connectivity index (χ1n) is 6.66. The van der Waals surface area contributed by atoms with Crippen molar-refractivity contribution in [3.8, 4) is 0 Å². The Bertz CT molecular complexity index is 596. The van der Waals surface area contributed by atoms with Crippen LogP contribution in [0, 0.1) is 0 Å². The first-order chi connectivity index (χ1) is 9.97. The van der Waals surface area contributed by atoms with Crippen LogP contribution in [0.3, 0.4) is 0 Å². The molecule has 0 aromatic heterocycles. The number of nitrogens with zero attached hydrogens (tertiary/aromatic N) is 1. The van der Waals surface area contributed by atoms with Crippen molar-refractivity contribution in [1.82, 2.24) is 4.31 Å². The van der Waals surface area contributed by atoms with E-state index in [1.54, 1.807) is 19.2 Å². The molecule has 1 aliphatic heterocycles. The summed E-state index contributed by atoms with van der Waals surface area (Å²) in [5.41, 5.74) is 0.719. The summed E-state index contributed by atoms with van der Waals surface area (Å²) in [7, 11) is -0.589. The van der Waals surface area contributed by atoms with Gasteiger partial charge in [-0.3, -0.25) is 4.79 Å². The number of hydrogen-bond donors (Lipinski definition) is 0. The van der Waals surface area contributed by atoms with Crippen LogP contribution in [0.25, 0.3) is 0 Å². The predicted molar refractivity (Wildman–Crippen MR) is 76.3 cm³/mol. The molecule has 0 spiro atoms. The van der Waals surface area contributed by atoms with Crippen LogP contribution in [0.5, 0.6) is 0 Å². The summed E-state index contributed by atoms with van der Waals surface area (Å²) in [6.07, 6.45) is 0.793. The Morgan fingerprint density at radius 2 is 1.95 bits per heavy atom. The third-order valence-corrected chi connectivity index (χ3v) is 5.46. The lowest BCUT2D eigenvalue weighted by Gasteiger charge is -2.16. The number of rotatable bonds is 5. The number of hydrogen-bond acceptors (Lipinski definition) is 5. The lowest BCUT2D eigenvalue weighted by Crippen LogP contribution is -2.30. The number of esters is 1. The van der Waals surface area contributed by atoms with Crippen molar-refractivity contribution in [2.45, 2.75) is 23.8 Å². The molecule has 0 aliphatic carbocycles. The molecule has 1 aromatic carbocycles. The first-order valence-corrected chi connectivity index (χ1v) is 8.10. The molecule has 1 fully saturated rings. The molecule has 1 unspecified atom stereocenters. The molecule has 116 valence electrons. The maximum Gasteiger partial charge on any atom is 0.309 e. The zero-order chi connectivity index (χ0) is 15.5. The van der Waals surface area contributed by atoms with Crippen LogP contribution >= 0.6 is 0 Å². The minimum atomic E-state index is -3.50. The van der Waals surface area contributed by atoms with Gasteiger partial charge in [0, 0.05) is 20.2 Å². The third-order valence-electron chi connectivity index (χ3n) is 3.58. The lowest BCUT2D eigenvalue weighted by atomic mass is 10.2. The van der Waals surface area contributed by atoms with E-state index in [2.05, 4.69) is 4.74 Å². The Balaban J connectivity index is 2.12. The minimum Gasteiger partial charge on any atom is -0.469 e. The highest BCUT2D eigenvalue weighted by Gasteiger charge is 2.32. The SMILES string of the molecule is COC(=O)Cc1ccc(S(=O)(=O)N2CCC(OC)C2)cc1. The van der Waals surface area contributed by atoms with Gasteiger partial charge in [0.25, 0.3) is 0 Å². The highest BCUT2D eigenvalue weighted by atomic mass is 32.2. The van der Waals surface area contributed by atoms with Crippen molar-refractivity contribution in [2.24, 2.45) is 0 Å². The van der Waals surface area contributed by atoms with E-state index in [0.29, 0.717) is 19.5 Å². The number of methoxy groups -OCH3 is 2. The Morgan fingerprint density at radius 1 is 1.29 bits per heavy atom. The summed E-state index contributed by atoms with van der Waals surface area (Å²) in [6, 6.07) is 6.31. The van der Waals surface area contributed by atoms with Gasteiger partial charge in [0.2, 0.25) is 10.0 Å². The summed E-state index contributed by atoms with van der Waals surface area (Å²) in [4.78, 5) is 11.4. The minimum absolute atomic E-state index is 0.0432. The Morgan fingerprint density at radius 3 is 2.48 bits per heavy atom. The van der Waals surface area contributed by atoms with Gasteiger partial charge in [0.05, 0.1) is 24.5 Å². The zero-order valence-corrected chi connectivity index (χ0v) is 12.9. The van der Waals surface area contributed by atoms with E-state index in [1.165, 1.54) is 23.5 Å². The topological polar surface area (TPSA) is 72.9 Å². The molecule has 2 rings (SSSR count). The highest BCUT2D eigenvalue weighted by molar-refractivity contribution is 7.89. The second-order valence-corrected chi connectivity index (χ2v) is 6.84. The number of carbonyl (C=O) groups excluding carboxylic acids is 1. The number of benzene rings is 1. The molecule has 21 heavy (non-hydrogen) atoms. The van der Waals surface area contributed by atoms with Crippen LogP contribution in [0.15, 0.2) is 29.2 Å². The summed E-state index contributed by atoms with van der Waals surface area (Å²) < 4.78 is 36.1. The van der Waals surface area contributed by atoms with Crippen LogP contribution < -0.4 is 0 Å². The van der Waals surface area contributed by atoms with E-state index in [0.717, 1.165) is 5.56 Å². The van der Waals surface area contributed by atoms with Gasteiger partial charge < -0.3 is 9.47 Å². The van der Waals surface area contributed by atoms with E-state index in [1.807, 2.05) is 0 Å². The monoisotopic (exact) mass is 313 g/mol. The van der Waals surface area contributed by atoms with Gasteiger partial charge in [0.1, 0.15) is 0 Å². The number of carbonyl (C=O) groups is 1. The molecule has 1 aromatic rings. The maximum atomic E-state index is 12.5. The van der Waals surface area contributed by atoms with Crippen molar-refractivity contribution in [1.29, 1.82) is 0 Å². The fourth-order valence-electron chi connectivity index (χ4n) is 2.28. The van der Waals surface area contributed by atoms with Gasteiger partial charge in [-0.2, -0.15) is 4.31 Å². The van der Waals surface area contributed by atoms with E-state index in [4.69, 9.17) is 4.74 Å². The van der Waals surface area contributed by atoms with Gasteiger partial charge in [-0.05, 0) is 24.1 Å². The highest BCUT2D eigenvalue weighted by Crippen LogP contribution is 2.22. The van der Waals surface area contributed by atoms with Gasteiger partial charge in [-0.1, -0.05) is 12.1 Å². The molecule has 0 radical (unpaired) electrons. The molecular weight excluding hydrogens is 294 g/mol. The Labute approximate surface area is 124 Å². The average Bonchev–Trinajstić information content (AvgIpc) is 2.97. The largest absolute Gasteiger partial charge is 0.469 e. The lowest BCUT2D eigenvalue weighted by molar-refractivity contribution is -0.139.